The summed E-state index contributed by atoms with van der Waals surface area (Å²) >= 11 is 2.35. The van der Waals surface area contributed by atoms with Gasteiger partial charge in [-0.3, -0.25) is 4.79 Å². The van der Waals surface area contributed by atoms with Crippen molar-refractivity contribution < 1.29 is 4.79 Å². The molecule has 0 aliphatic heterocycles. The highest BCUT2D eigenvalue weighted by molar-refractivity contribution is 14.1. The Hall–Kier alpha value is 0.400. The predicted molar refractivity (Wildman–Crippen MR) is 41.2 cm³/mol. The molecule has 0 unspecified atom stereocenters. The van der Waals surface area contributed by atoms with Crippen LogP contribution < -0.4 is 0 Å². The summed E-state index contributed by atoms with van der Waals surface area (Å²) in [6.07, 6.45) is 2.83. The highest BCUT2D eigenvalue weighted by Gasteiger charge is 2.19. The van der Waals surface area contributed by atoms with Gasteiger partial charge in [0.15, 0.2) is 0 Å². The van der Waals surface area contributed by atoms with E-state index in [1.54, 1.807) is 0 Å². The number of alkyl halides is 1. The molecule has 0 aromatic heterocycles. The Bertz CT molecular complexity index is 101. The van der Waals surface area contributed by atoms with E-state index in [0.29, 0.717) is 11.7 Å². The van der Waals surface area contributed by atoms with Gasteiger partial charge in [0.1, 0.15) is 5.78 Å². The second kappa shape index (κ2) is 2.80. The van der Waals surface area contributed by atoms with Gasteiger partial charge in [-0.15, -0.1) is 0 Å². The largest absolute Gasteiger partial charge is 0.300 e. The maximum atomic E-state index is 10.6. The average molecular weight is 224 g/mol. The van der Waals surface area contributed by atoms with Gasteiger partial charge >= 0.3 is 0 Å². The molecule has 0 bridgehead atoms. The third-order valence-electron chi connectivity index (χ3n) is 1.57. The molecule has 0 N–H and O–H groups in total. The first kappa shape index (κ1) is 6.52. The molecule has 1 aliphatic carbocycles. The molecule has 8 heavy (non-hydrogen) atoms. The van der Waals surface area contributed by atoms with Crippen molar-refractivity contribution in [2.24, 2.45) is 5.92 Å². The monoisotopic (exact) mass is 224 g/mol. The summed E-state index contributed by atoms with van der Waals surface area (Å²) < 4.78 is 1.16. The summed E-state index contributed by atoms with van der Waals surface area (Å²) in [6.45, 7) is 0. The molecule has 46 valence electrons. The highest BCUT2D eigenvalue weighted by atomic mass is 127. The van der Waals surface area contributed by atoms with E-state index in [1.165, 1.54) is 0 Å². The van der Waals surface area contributed by atoms with Crippen LogP contribution in [0.5, 0.6) is 0 Å². The normalized spacial score (nSPS) is 29.1. The molecule has 0 saturated heterocycles. The van der Waals surface area contributed by atoms with Gasteiger partial charge in [0.25, 0.3) is 0 Å². The number of rotatable bonds is 1. The van der Waals surface area contributed by atoms with Crippen molar-refractivity contribution in [1.82, 2.24) is 0 Å². The maximum absolute atomic E-state index is 10.6. The molecule has 1 saturated carbocycles. The third kappa shape index (κ3) is 1.44. The van der Waals surface area contributed by atoms with Gasteiger partial charge in [-0.1, -0.05) is 22.6 Å². The number of halogens is 1. The topological polar surface area (TPSA) is 17.1 Å². The van der Waals surface area contributed by atoms with E-state index in [-0.39, 0.29) is 0 Å². The molecule has 0 spiro atoms. The van der Waals surface area contributed by atoms with E-state index in [4.69, 9.17) is 0 Å². The van der Waals surface area contributed by atoms with E-state index in [1.807, 2.05) is 0 Å². The minimum absolute atomic E-state index is 0.465. The van der Waals surface area contributed by atoms with Crippen molar-refractivity contribution in [3.8, 4) is 0 Å². The van der Waals surface area contributed by atoms with E-state index < -0.39 is 0 Å². The smallest absolute Gasteiger partial charge is 0.133 e. The van der Waals surface area contributed by atoms with Crippen LogP contribution in [0, 0.1) is 5.92 Å². The van der Waals surface area contributed by atoms with E-state index in [0.717, 1.165) is 23.7 Å². The van der Waals surface area contributed by atoms with E-state index in [9.17, 15) is 4.79 Å². The molecule has 1 aliphatic rings. The van der Waals surface area contributed by atoms with Gasteiger partial charge < -0.3 is 0 Å². The first-order valence-corrected chi connectivity index (χ1v) is 4.43. The summed E-state index contributed by atoms with van der Waals surface area (Å²) in [5.74, 6) is 1.18. The number of hydrogen-bond donors (Lipinski definition) is 0. The average Bonchev–Trinajstić information content (AvgIpc) is 2.14. The van der Waals surface area contributed by atoms with Crippen LogP contribution in [0.25, 0.3) is 0 Å². The first-order chi connectivity index (χ1) is 3.83. The van der Waals surface area contributed by atoms with Crippen LogP contribution in [-0.2, 0) is 4.79 Å². The second-order valence-electron chi connectivity index (χ2n) is 2.30. The van der Waals surface area contributed by atoms with Gasteiger partial charge in [0.05, 0.1) is 0 Å². The number of carbonyl (C=O) groups excluding carboxylic acids is 1. The Morgan fingerprint density at radius 1 is 1.75 bits per heavy atom. The van der Waals surface area contributed by atoms with Gasteiger partial charge in [-0.25, -0.2) is 0 Å². The summed E-state index contributed by atoms with van der Waals surface area (Å²) in [5, 5.41) is 0. The quantitative estimate of drug-likeness (QED) is 0.490. The van der Waals surface area contributed by atoms with Gasteiger partial charge in [-0.2, -0.15) is 0 Å². The van der Waals surface area contributed by atoms with Crippen LogP contribution in [0.3, 0.4) is 0 Å². The molecule has 2 heteroatoms. The lowest BCUT2D eigenvalue weighted by Gasteiger charge is -1.97. The molecule has 0 amide bonds. The van der Waals surface area contributed by atoms with Crippen molar-refractivity contribution in [2.45, 2.75) is 19.3 Å². The summed E-state index contributed by atoms with van der Waals surface area (Å²) in [5.41, 5.74) is 0. The number of hydrogen-bond acceptors (Lipinski definition) is 1. The fourth-order valence-corrected chi connectivity index (χ4v) is 1.77. The fraction of sp³-hybridized carbons (Fsp3) is 0.833. The van der Waals surface area contributed by atoms with Crippen LogP contribution in [-0.4, -0.2) is 10.2 Å². The minimum atomic E-state index is 0.465. The first-order valence-electron chi connectivity index (χ1n) is 2.90. The van der Waals surface area contributed by atoms with E-state index >= 15 is 0 Å². The predicted octanol–water partition coefficient (Wildman–Crippen LogP) is 1.79. The van der Waals surface area contributed by atoms with Crippen molar-refractivity contribution >= 4 is 28.4 Å². The molecule has 0 heterocycles. The van der Waals surface area contributed by atoms with Gasteiger partial charge in [-0.05, 0) is 12.3 Å². The second-order valence-corrected chi connectivity index (χ2v) is 3.18. The molecule has 0 aromatic carbocycles. The van der Waals surface area contributed by atoms with Gasteiger partial charge in [0.2, 0.25) is 0 Å². The Balaban J connectivity index is 2.32. The third-order valence-corrected chi connectivity index (χ3v) is 2.81. The summed E-state index contributed by atoms with van der Waals surface area (Å²) in [4.78, 5) is 10.6. The number of Topliss-reactive ketones (excluding diaryl/α,β-unsaturated/α-hetero) is 1. The van der Waals surface area contributed by atoms with Crippen LogP contribution in [0.1, 0.15) is 19.3 Å². The fourth-order valence-electron chi connectivity index (χ4n) is 1.02. The lowest BCUT2D eigenvalue weighted by Crippen LogP contribution is -1.94. The zero-order valence-corrected chi connectivity index (χ0v) is 6.85. The van der Waals surface area contributed by atoms with Crippen LogP contribution in [0.15, 0.2) is 0 Å². The number of carbonyl (C=O) groups is 1. The lowest BCUT2D eigenvalue weighted by molar-refractivity contribution is -0.117. The standard InChI is InChI=1S/C6H9IO/c7-4-5-1-2-6(8)3-5/h5H,1-4H2/t5-/m1/s1. The SMILES string of the molecule is O=C1CC[C@@H](CI)C1. The highest BCUT2D eigenvalue weighted by Crippen LogP contribution is 2.23. The Morgan fingerprint density at radius 2 is 2.50 bits per heavy atom. The molecule has 0 radical (unpaired) electrons. The van der Waals surface area contributed by atoms with Crippen molar-refractivity contribution in [3.63, 3.8) is 0 Å². The van der Waals surface area contributed by atoms with Crippen molar-refractivity contribution in [1.29, 1.82) is 0 Å². The van der Waals surface area contributed by atoms with Crippen molar-refractivity contribution in [3.05, 3.63) is 0 Å². The summed E-state index contributed by atoms with van der Waals surface area (Å²) in [7, 11) is 0. The molecular weight excluding hydrogens is 215 g/mol. The zero-order chi connectivity index (χ0) is 5.98. The van der Waals surface area contributed by atoms with Crippen LogP contribution in [0.4, 0.5) is 0 Å². The van der Waals surface area contributed by atoms with Crippen LogP contribution in [0.2, 0.25) is 0 Å². The molecule has 1 rings (SSSR count). The molecular formula is C6H9IO. The molecule has 1 nitrogen and oxygen atoms in total. The Kier molecular flexibility index (Phi) is 2.28. The zero-order valence-electron chi connectivity index (χ0n) is 4.69. The van der Waals surface area contributed by atoms with Crippen molar-refractivity contribution in [2.75, 3.05) is 4.43 Å². The summed E-state index contributed by atoms with van der Waals surface area (Å²) in [6, 6.07) is 0. The van der Waals surface area contributed by atoms with Gasteiger partial charge in [0, 0.05) is 17.3 Å². The minimum Gasteiger partial charge on any atom is -0.300 e. The maximum Gasteiger partial charge on any atom is 0.133 e. The lowest BCUT2D eigenvalue weighted by atomic mass is 10.1. The van der Waals surface area contributed by atoms with E-state index in [2.05, 4.69) is 22.6 Å². The Morgan fingerprint density at radius 3 is 2.75 bits per heavy atom. The number of ketones is 1. The molecule has 1 fully saturated rings. The Labute approximate surface area is 63.0 Å². The van der Waals surface area contributed by atoms with Crippen LogP contribution >= 0.6 is 22.6 Å². The molecule has 0 aromatic rings. The molecule has 1 atom stereocenters.